The van der Waals surface area contributed by atoms with E-state index in [9.17, 15) is 18.4 Å². The summed E-state index contributed by atoms with van der Waals surface area (Å²) in [7, 11) is 0. The van der Waals surface area contributed by atoms with E-state index in [-0.39, 0.29) is 0 Å². The highest BCUT2D eigenvalue weighted by atomic mass is 19.1. The van der Waals surface area contributed by atoms with E-state index >= 15 is 0 Å². The molecule has 0 unspecified atom stereocenters. The van der Waals surface area contributed by atoms with Crippen molar-refractivity contribution in [2.24, 2.45) is 10.2 Å². The Labute approximate surface area is 135 Å². The maximum atomic E-state index is 12.9. The van der Waals surface area contributed by atoms with Crippen LogP contribution < -0.4 is 10.9 Å². The lowest BCUT2D eigenvalue weighted by atomic mass is 10.2. The van der Waals surface area contributed by atoms with Crippen molar-refractivity contribution in [3.63, 3.8) is 0 Å². The largest absolute Gasteiger partial charge is 0.331 e. The number of nitrogens with zero attached hydrogens (tertiary/aromatic N) is 2. The van der Waals surface area contributed by atoms with Crippen LogP contribution in [0.25, 0.3) is 0 Å². The quantitative estimate of drug-likeness (QED) is 0.507. The molecular formula is C16H12F2N4O2. The van der Waals surface area contributed by atoms with Crippen LogP contribution in [0.2, 0.25) is 0 Å². The van der Waals surface area contributed by atoms with E-state index < -0.39 is 23.4 Å². The number of rotatable bonds is 4. The molecular weight excluding hydrogens is 318 g/mol. The predicted molar refractivity (Wildman–Crippen MR) is 84.3 cm³/mol. The van der Waals surface area contributed by atoms with Crippen LogP contribution in [0, 0.1) is 11.6 Å². The Morgan fingerprint density at radius 2 is 1.21 bits per heavy atom. The molecule has 8 heteroatoms. The van der Waals surface area contributed by atoms with Crippen molar-refractivity contribution < 1.29 is 18.4 Å². The third-order valence-corrected chi connectivity index (χ3v) is 2.66. The average molecular weight is 330 g/mol. The van der Waals surface area contributed by atoms with E-state index in [4.69, 9.17) is 0 Å². The smallest absolute Gasteiger partial charge is 0.262 e. The second-order valence-electron chi connectivity index (χ2n) is 4.51. The van der Waals surface area contributed by atoms with Crippen LogP contribution in [0.5, 0.6) is 0 Å². The fourth-order valence-corrected chi connectivity index (χ4v) is 1.61. The molecule has 0 spiro atoms. The molecule has 122 valence electrons. The van der Waals surface area contributed by atoms with Gasteiger partial charge in [0.15, 0.2) is 0 Å². The van der Waals surface area contributed by atoms with Gasteiger partial charge in [0.25, 0.3) is 0 Å². The van der Waals surface area contributed by atoms with Crippen molar-refractivity contribution in [1.29, 1.82) is 0 Å². The van der Waals surface area contributed by atoms with Gasteiger partial charge in [-0.1, -0.05) is 24.3 Å². The highest BCUT2D eigenvalue weighted by molar-refractivity contribution is 6.35. The molecule has 6 nitrogen and oxygen atoms in total. The number of hydrogen-bond acceptors (Lipinski definition) is 4. The minimum atomic E-state index is -1.06. The maximum absolute atomic E-state index is 12.9. The lowest BCUT2D eigenvalue weighted by Crippen LogP contribution is -2.35. The Bertz CT molecular complexity index is 739. The fraction of sp³-hybridized carbons (Fsp3) is 0. The Balaban J connectivity index is 1.83. The molecule has 24 heavy (non-hydrogen) atoms. The lowest BCUT2D eigenvalue weighted by molar-refractivity contribution is -0.139. The number of halogens is 2. The highest BCUT2D eigenvalue weighted by Crippen LogP contribution is 2.00. The fourth-order valence-electron chi connectivity index (χ4n) is 1.61. The third-order valence-electron chi connectivity index (χ3n) is 2.66. The molecule has 0 bridgehead atoms. The molecule has 2 rings (SSSR count). The van der Waals surface area contributed by atoms with Gasteiger partial charge in [0.2, 0.25) is 0 Å². The summed E-state index contributed by atoms with van der Waals surface area (Å²) < 4.78 is 25.9. The maximum Gasteiger partial charge on any atom is 0.331 e. The summed E-state index contributed by atoms with van der Waals surface area (Å²) >= 11 is 0. The zero-order chi connectivity index (χ0) is 17.4. The van der Waals surface area contributed by atoms with Gasteiger partial charge >= 0.3 is 11.8 Å². The van der Waals surface area contributed by atoms with Crippen LogP contribution in [0.1, 0.15) is 11.1 Å². The highest BCUT2D eigenvalue weighted by Gasteiger charge is 2.10. The number of hydrazone groups is 2. The number of carbonyl (C=O) groups is 2. The SMILES string of the molecule is O=C(NN=Cc1cccc(F)c1)C(=O)NN=Cc1cccc(F)c1. The number of benzene rings is 2. The standard InChI is InChI=1S/C16H12F2N4O2/c17-13-5-1-3-11(7-13)9-19-21-15(23)16(24)22-20-10-12-4-2-6-14(18)8-12/h1-10H,(H,21,23)(H,22,24). The minimum absolute atomic E-state index is 0.417. The molecule has 0 atom stereocenters. The van der Waals surface area contributed by atoms with Gasteiger partial charge in [0.05, 0.1) is 12.4 Å². The van der Waals surface area contributed by atoms with Gasteiger partial charge in [-0.15, -0.1) is 0 Å². The molecule has 0 fully saturated rings. The number of nitrogens with one attached hydrogen (secondary N) is 2. The Morgan fingerprint density at radius 3 is 1.58 bits per heavy atom. The van der Waals surface area contributed by atoms with Crippen molar-refractivity contribution in [3.05, 3.63) is 71.3 Å². The van der Waals surface area contributed by atoms with Crippen LogP contribution in [-0.2, 0) is 9.59 Å². The van der Waals surface area contributed by atoms with E-state index in [1.807, 2.05) is 10.9 Å². The molecule has 2 aromatic carbocycles. The van der Waals surface area contributed by atoms with Crippen LogP contribution in [-0.4, -0.2) is 24.2 Å². The van der Waals surface area contributed by atoms with Gasteiger partial charge < -0.3 is 0 Å². The molecule has 2 N–H and O–H groups in total. The summed E-state index contributed by atoms with van der Waals surface area (Å²) in [4.78, 5) is 22.9. The number of carbonyl (C=O) groups excluding carboxylic acids is 2. The lowest BCUT2D eigenvalue weighted by Gasteiger charge is -1.98. The molecule has 2 aromatic rings. The molecule has 0 aliphatic rings. The summed E-state index contributed by atoms with van der Waals surface area (Å²) in [6.07, 6.45) is 2.37. The van der Waals surface area contributed by atoms with E-state index in [1.165, 1.54) is 48.8 Å². The van der Waals surface area contributed by atoms with Crippen LogP contribution >= 0.6 is 0 Å². The van der Waals surface area contributed by atoms with Crippen LogP contribution in [0.4, 0.5) is 8.78 Å². The summed E-state index contributed by atoms with van der Waals surface area (Å²) in [5.41, 5.74) is 4.77. The molecule has 2 amide bonds. The number of hydrogen-bond donors (Lipinski definition) is 2. The van der Waals surface area contributed by atoms with Crippen molar-refractivity contribution in [2.45, 2.75) is 0 Å². The molecule has 0 saturated heterocycles. The van der Waals surface area contributed by atoms with Crippen molar-refractivity contribution >= 4 is 24.2 Å². The molecule has 0 aliphatic heterocycles. The normalized spacial score (nSPS) is 10.9. The van der Waals surface area contributed by atoms with Crippen LogP contribution in [0.3, 0.4) is 0 Å². The van der Waals surface area contributed by atoms with Crippen molar-refractivity contribution in [2.75, 3.05) is 0 Å². The van der Waals surface area contributed by atoms with Gasteiger partial charge in [0, 0.05) is 0 Å². The zero-order valence-electron chi connectivity index (χ0n) is 12.2. The van der Waals surface area contributed by atoms with Gasteiger partial charge in [0.1, 0.15) is 11.6 Å². The van der Waals surface area contributed by atoms with E-state index in [2.05, 4.69) is 10.2 Å². The van der Waals surface area contributed by atoms with E-state index in [0.717, 1.165) is 0 Å². The minimum Gasteiger partial charge on any atom is -0.262 e. The summed E-state index contributed by atoms with van der Waals surface area (Å²) in [6.45, 7) is 0. The number of amides is 2. The summed E-state index contributed by atoms with van der Waals surface area (Å²) in [5, 5.41) is 7.06. The first-order valence-corrected chi connectivity index (χ1v) is 6.72. The third kappa shape index (κ3) is 5.41. The van der Waals surface area contributed by atoms with Gasteiger partial charge in [-0.05, 0) is 35.4 Å². The molecule has 0 aliphatic carbocycles. The zero-order valence-corrected chi connectivity index (χ0v) is 12.2. The summed E-state index contributed by atoms with van der Waals surface area (Å²) in [5.74, 6) is -3.01. The van der Waals surface area contributed by atoms with Crippen LogP contribution in [0.15, 0.2) is 58.7 Å². The Kier molecular flexibility index (Phi) is 5.84. The second kappa shape index (κ2) is 8.28. The molecule has 0 heterocycles. The van der Waals surface area contributed by atoms with E-state index in [1.54, 1.807) is 12.1 Å². The first kappa shape index (κ1) is 16.9. The molecule has 0 radical (unpaired) electrons. The van der Waals surface area contributed by atoms with Crippen molar-refractivity contribution in [3.8, 4) is 0 Å². The monoisotopic (exact) mass is 330 g/mol. The first-order valence-electron chi connectivity index (χ1n) is 6.72. The van der Waals surface area contributed by atoms with Gasteiger partial charge in [-0.2, -0.15) is 10.2 Å². The Hall–Kier alpha value is -3.42. The van der Waals surface area contributed by atoms with Crippen molar-refractivity contribution in [1.82, 2.24) is 10.9 Å². The topological polar surface area (TPSA) is 82.9 Å². The van der Waals surface area contributed by atoms with Gasteiger partial charge in [-0.3, -0.25) is 9.59 Å². The average Bonchev–Trinajstić information content (AvgIpc) is 2.55. The first-order chi connectivity index (χ1) is 11.5. The molecule has 0 saturated carbocycles. The second-order valence-corrected chi connectivity index (χ2v) is 4.51. The Morgan fingerprint density at radius 1 is 0.792 bits per heavy atom. The van der Waals surface area contributed by atoms with E-state index in [0.29, 0.717) is 11.1 Å². The molecule has 0 aromatic heterocycles. The van der Waals surface area contributed by atoms with Gasteiger partial charge in [-0.25, -0.2) is 19.6 Å². The summed E-state index contributed by atoms with van der Waals surface area (Å²) in [6, 6.07) is 11.0. The predicted octanol–water partition coefficient (Wildman–Crippen LogP) is 1.57.